The highest BCUT2D eigenvalue weighted by Crippen LogP contribution is 2.20. The molecule has 1 rings (SSSR count). The molecule has 2 N–H and O–H groups in total. The number of ether oxygens (including phenoxy) is 1. The van der Waals surface area contributed by atoms with Gasteiger partial charge in [-0.1, -0.05) is 13.3 Å². The molecule has 0 heterocycles. The topological polar surface area (TPSA) is 69.4 Å². The van der Waals surface area contributed by atoms with Crippen LogP contribution in [0, 0.1) is 5.82 Å². The smallest absolute Gasteiger partial charge is 0.238 e. The molecule has 0 fully saturated rings. The standard InChI is InChI=1S/C10H14FNO3S/c1-2-3-6-15-10-5-4-8(7-9(10)11)16(12,13)14/h4-5,7H,2-3,6H2,1H3,(H2,12,13,14). The average molecular weight is 247 g/mol. The first-order valence-corrected chi connectivity index (χ1v) is 6.45. The van der Waals surface area contributed by atoms with Gasteiger partial charge in [0.2, 0.25) is 10.0 Å². The molecule has 4 nitrogen and oxygen atoms in total. The van der Waals surface area contributed by atoms with E-state index < -0.39 is 15.8 Å². The summed E-state index contributed by atoms with van der Waals surface area (Å²) in [5.41, 5.74) is 0. The number of hydrogen-bond acceptors (Lipinski definition) is 3. The lowest BCUT2D eigenvalue weighted by Crippen LogP contribution is -2.12. The van der Waals surface area contributed by atoms with Crippen LogP contribution in [0.1, 0.15) is 19.8 Å². The summed E-state index contributed by atoms with van der Waals surface area (Å²) in [5, 5.41) is 4.86. The Balaban J connectivity index is 2.84. The van der Waals surface area contributed by atoms with Gasteiger partial charge in [-0.2, -0.15) is 0 Å². The summed E-state index contributed by atoms with van der Waals surface area (Å²) in [6.45, 7) is 2.39. The van der Waals surface area contributed by atoms with Crippen molar-refractivity contribution in [2.45, 2.75) is 24.7 Å². The van der Waals surface area contributed by atoms with Gasteiger partial charge in [0.05, 0.1) is 11.5 Å². The van der Waals surface area contributed by atoms with Gasteiger partial charge >= 0.3 is 0 Å². The molecule has 0 radical (unpaired) electrons. The van der Waals surface area contributed by atoms with Gasteiger partial charge < -0.3 is 4.74 Å². The number of sulfonamides is 1. The van der Waals surface area contributed by atoms with Crippen LogP contribution in [0.3, 0.4) is 0 Å². The number of rotatable bonds is 5. The molecule has 16 heavy (non-hydrogen) atoms. The number of hydrogen-bond donors (Lipinski definition) is 1. The van der Waals surface area contributed by atoms with Crippen LogP contribution in [0.25, 0.3) is 0 Å². The normalized spacial score (nSPS) is 11.4. The molecule has 0 saturated carbocycles. The largest absolute Gasteiger partial charge is 0.491 e. The predicted octanol–water partition coefficient (Wildman–Crippen LogP) is 1.65. The van der Waals surface area contributed by atoms with E-state index in [0.29, 0.717) is 6.61 Å². The summed E-state index contributed by atoms with van der Waals surface area (Å²) >= 11 is 0. The fourth-order valence-electron chi connectivity index (χ4n) is 1.10. The van der Waals surface area contributed by atoms with Crippen LogP contribution >= 0.6 is 0 Å². The van der Waals surface area contributed by atoms with Gasteiger partial charge in [0.25, 0.3) is 0 Å². The van der Waals surface area contributed by atoms with Crippen LogP contribution in [0.4, 0.5) is 4.39 Å². The molecule has 1 aromatic rings. The number of benzene rings is 1. The first-order valence-electron chi connectivity index (χ1n) is 4.90. The van der Waals surface area contributed by atoms with E-state index in [1.807, 2.05) is 6.92 Å². The fraction of sp³-hybridized carbons (Fsp3) is 0.400. The molecule has 0 amide bonds. The number of nitrogens with two attached hydrogens (primary N) is 1. The molecule has 90 valence electrons. The first kappa shape index (κ1) is 12.9. The maximum atomic E-state index is 13.4. The second-order valence-electron chi connectivity index (χ2n) is 3.34. The lowest BCUT2D eigenvalue weighted by molar-refractivity contribution is 0.294. The quantitative estimate of drug-likeness (QED) is 0.804. The highest BCUT2D eigenvalue weighted by atomic mass is 32.2. The van der Waals surface area contributed by atoms with Gasteiger partial charge in [-0.25, -0.2) is 17.9 Å². The van der Waals surface area contributed by atoms with Crippen LogP contribution in [0.15, 0.2) is 23.1 Å². The Hall–Kier alpha value is -1.14. The third-order valence-electron chi connectivity index (χ3n) is 1.99. The molecule has 0 aliphatic heterocycles. The van der Waals surface area contributed by atoms with Gasteiger partial charge in [-0.3, -0.25) is 0 Å². The van der Waals surface area contributed by atoms with Crippen molar-refractivity contribution >= 4 is 10.0 Å². The van der Waals surface area contributed by atoms with E-state index in [0.717, 1.165) is 18.9 Å². The lowest BCUT2D eigenvalue weighted by atomic mass is 10.3. The monoisotopic (exact) mass is 247 g/mol. The Labute approximate surface area is 94.3 Å². The molecule has 0 aliphatic rings. The summed E-state index contributed by atoms with van der Waals surface area (Å²) in [5.74, 6) is -0.677. The minimum Gasteiger partial charge on any atom is -0.491 e. The summed E-state index contributed by atoms with van der Waals surface area (Å²) in [6, 6.07) is 3.35. The van der Waals surface area contributed by atoms with E-state index in [1.165, 1.54) is 12.1 Å². The second-order valence-corrected chi connectivity index (χ2v) is 4.90. The van der Waals surface area contributed by atoms with E-state index in [4.69, 9.17) is 9.88 Å². The van der Waals surface area contributed by atoms with Crippen molar-refractivity contribution in [2.75, 3.05) is 6.61 Å². The average Bonchev–Trinajstić information content (AvgIpc) is 2.19. The fourth-order valence-corrected chi connectivity index (χ4v) is 1.63. The highest BCUT2D eigenvalue weighted by Gasteiger charge is 2.11. The van der Waals surface area contributed by atoms with Crippen molar-refractivity contribution in [1.82, 2.24) is 0 Å². The molecule has 0 aliphatic carbocycles. The zero-order valence-electron chi connectivity index (χ0n) is 8.94. The van der Waals surface area contributed by atoms with Gasteiger partial charge in [0, 0.05) is 0 Å². The van der Waals surface area contributed by atoms with Gasteiger partial charge in [-0.15, -0.1) is 0 Å². The van der Waals surface area contributed by atoms with Crippen molar-refractivity contribution < 1.29 is 17.5 Å². The Morgan fingerprint density at radius 3 is 2.62 bits per heavy atom. The van der Waals surface area contributed by atoms with E-state index in [9.17, 15) is 12.8 Å². The Morgan fingerprint density at radius 1 is 1.44 bits per heavy atom. The van der Waals surface area contributed by atoms with Crippen LogP contribution in [-0.4, -0.2) is 15.0 Å². The Bertz CT molecular complexity index is 459. The number of unbranched alkanes of at least 4 members (excludes halogenated alkanes) is 1. The minimum absolute atomic E-state index is 0.0425. The number of primary sulfonamides is 1. The van der Waals surface area contributed by atoms with E-state index in [2.05, 4.69) is 0 Å². The molecular formula is C10H14FNO3S. The molecule has 0 atom stereocenters. The minimum atomic E-state index is -3.86. The van der Waals surface area contributed by atoms with E-state index in [-0.39, 0.29) is 10.6 Å². The van der Waals surface area contributed by atoms with Crippen molar-refractivity contribution in [3.63, 3.8) is 0 Å². The Kier molecular flexibility index (Phi) is 4.26. The van der Waals surface area contributed by atoms with Crippen molar-refractivity contribution in [3.8, 4) is 5.75 Å². The molecule has 0 aromatic heterocycles. The molecule has 1 aromatic carbocycles. The zero-order chi connectivity index (χ0) is 12.2. The summed E-state index contributed by atoms with van der Waals surface area (Å²) in [7, 11) is -3.86. The third kappa shape index (κ3) is 3.46. The van der Waals surface area contributed by atoms with Crippen LogP contribution in [0.5, 0.6) is 5.75 Å². The van der Waals surface area contributed by atoms with Gasteiger partial charge in [0.15, 0.2) is 11.6 Å². The molecule has 0 bridgehead atoms. The van der Waals surface area contributed by atoms with Crippen molar-refractivity contribution in [3.05, 3.63) is 24.0 Å². The predicted molar refractivity (Wildman–Crippen MR) is 58.2 cm³/mol. The maximum absolute atomic E-state index is 13.4. The molecular weight excluding hydrogens is 233 g/mol. The maximum Gasteiger partial charge on any atom is 0.238 e. The number of halogens is 1. The Morgan fingerprint density at radius 2 is 2.12 bits per heavy atom. The van der Waals surface area contributed by atoms with Crippen molar-refractivity contribution in [1.29, 1.82) is 0 Å². The van der Waals surface area contributed by atoms with E-state index in [1.54, 1.807) is 0 Å². The molecule has 0 unspecified atom stereocenters. The highest BCUT2D eigenvalue weighted by molar-refractivity contribution is 7.89. The van der Waals surface area contributed by atoms with Crippen LogP contribution < -0.4 is 9.88 Å². The zero-order valence-corrected chi connectivity index (χ0v) is 9.76. The SMILES string of the molecule is CCCCOc1ccc(S(N)(=O)=O)cc1F. The van der Waals surface area contributed by atoms with Gasteiger partial charge in [-0.05, 0) is 24.6 Å². The molecule has 0 saturated heterocycles. The molecule has 6 heteroatoms. The van der Waals surface area contributed by atoms with E-state index >= 15 is 0 Å². The first-order chi connectivity index (χ1) is 7.45. The summed E-state index contributed by atoms with van der Waals surface area (Å²) in [4.78, 5) is -0.257. The van der Waals surface area contributed by atoms with Crippen LogP contribution in [-0.2, 0) is 10.0 Å². The van der Waals surface area contributed by atoms with Crippen LogP contribution in [0.2, 0.25) is 0 Å². The third-order valence-corrected chi connectivity index (χ3v) is 2.90. The second kappa shape index (κ2) is 5.27. The summed E-state index contributed by atoms with van der Waals surface area (Å²) in [6.07, 6.45) is 1.76. The molecule has 0 spiro atoms. The van der Waals surface area contributed by atoms with Crippen molar-refractivity contribution in [2.24, 2.45) is 5.14 Å². The summed E-state index contributed by atoms with van der Waals surface area (Å²) < 4.78 is 40.4. The lowest BCUT2D eigenvalue weighted by Gasteiger charge is -2.07. The van der Waals surface area contributed by atoms with Gasteiger partial charge in [0.1, 0.15) is 0 Å².